The van der Waals surface area contributed by atoms with Crippen LogP contribution in [-0.2, 0) is 6.54 Å². The van der Waals surface area contributed by atoms with Gasteiger partial charge in [-0.05, 0) is 15.9 Å². The standard InChI is InChI=1S/C18H18BrN5S/c19-15-10-20-18(21-11-15)24-8-6-23(7-9-24)12-17-22-16(13-25-17)14-4-2-1-3-5-14/h1-5,10-11,13H,6-9,12H2. The molecule has 5 nitrogen and oxygen atoms in total. The fourth-order valence-electron chi connectivity index (χ4n) is 2.89. The predicted molar refractivity (Wildman–Crippen MR) is 105 cm³/mol. The van der Waals surface area contributed by atoms with E-state index in [1.54, 1.807) is 23.7 Å². The van der Waals surface area contributed by atoms with Crippen LogP contribution in [0.1, 0.15) is 5.01 Å². The topological polar surface area (TPSA) is 45.2 Å². The minimum Gasteiger partial charge on any atom is -0.338 e. The third-order valence-corrected chi connectivity index (χ3v) is 5.49. The van der Waals surface area contributed by atoms with Gasteiger partial charge in [-0.3, -0.25) is 4.90 Å². The van der Waals surface area contributed by atoms with Crippen molar-refractivity contribution < 1.29 is 0 Å². The molecule has 0 unspecified atom stereocenters. The van der Waals surface area contributed by atoms with Crippen LogP contribution in [0.15, 0.2) is 52.6 Å². The summed E-state index contributed by atoms with van der Waals surface area (Å²) in [6.45, 7) is 4.79. The summed E-state index contributed by atoms with van der Waals surface area (Å²) in [6, 6.07) is 10.4. The molecule has 0 spiro atoms. The molecule has 1 fully saturated rings. The van der Waals surface area contributed by atoms with Gasteiger partial charge in [-0.25, -0.2) is 15.0 Å². The summed E-state index contributed by atoms with van der Waals surface area (Å²) >= 11 is 5.12. The van der Waals surface area contributed by atoms with Gasteiger partial charge in [0.25, 0.3) is 0 Å². The van der Waals surface area contributed by atoms with Crippen molar-refractivity contribution in [2.45, 2.75) is 6.54 Å². The van der Waals surface area contributed by atoms with Gasteiger partial charge < -0.3 is 4.90 Å². The van der Waals surface area contributed by atoms with Gasteiger partial charge in [0.2, 0.25) is 5.95 Å². The second kappa shape index (κ2) is 7.59. The molecule has 25 heavy (non-hydrogen) atoms. The Labute approximate surface area is 159 Å². The zero-order valence-corrected chi connectivity index (χ0v) is 16.1. The molecule has 4 rings (SSSR count). The van der Waals surface area contributed by atoms with Gasteiger partial charge in [-0.15, -0.1) is 11.3 Å². The van der Waals surface area contributed by atoms with E-state index in [9.17, 15) is 0 Å². The van der Waals surface area contributed by atoms with Crippen molar-refractivity contribution in [2.24, 2.45) is 0 Å². The van der Waals surface area contributed by atoms with Crippen LogP contribution >= 0.6 is 27.3 Å². The molecule has 2 aromatic heterocycles. The SMILES string of the molecule is Brc1cnc(N2CCN(Cc3nc(-c4ccccc4)cs3)CC2)nc1. The average Bonchev–Trinajstić information content (AvgIpc) is 3.12. The molecular weight excluding hydrogens is 398 g/mol. The number of halogens is 1. The first-order valence-corrected chi connectivity index (χ1v) is 9.90. The van der Waals surface area contributed by atoms with E-state index in [1.165, 1.54) is 10.6 Å². The Bertz CT molecular complexity index is 813. The van der Waals surface area contributed by atoms with Gasteiger partial charge in [0.1, 0.15) is 5.01 Å². The highest BCUT2D eigenvalue weighted by atomic mass is 79.9. The lowest BCUT2D eigenvalue weighted by Crippen LogP contribution is -2.46. The quantitative estimate of drug-likeness (QED) is 0.649. The molecule has 0 amide bonds. The van der Waals surface area contributed by atoms with E-state index >= 15 is 0 Å². The second-order valence-corrected chi connectivity index (χ2v) is 7.82. The first kappa shape index (κ1) is 16.6. The molecule has 3 heterocycles. The van der Waals surface area contributed by atoms with Crippen LogP contribution in [-0.4, -0.2) is 46.0 Å². The Hall–Kier alpha value is -1.83. The lowest BCUT2D eigenvalue weighted by molar-refractivity contribution is 0.248. The van der Waals surface area contributed by atoms with Crippen LogP contribution < -0.4 is 4.90 Å². The van der Waals surface area contributed by atoms with Crippen molar-refractivity contribution in [1.29, 1.82) is 0 Å². The van der Waals surface area contributed by atoms with Gasteiger partial charge >= 0.3 is 0 Å². The van der Waals surface area contributed by atoms with E-state index in [2.05, 4.69) is 65.3 Å². The minimum absolute atomic E-state index is 0.809. The van der Waals surface area contributed by atoms with Gasteiger partial charge in [-0.2, -0.15) is 0 Å². The summed E-state index contributed by atoms with van der Waals surface area (Å²) in [7, 11) is 0. The van der Waals surface area contributed by atoms with Crippen molar-refractivity contribution in [1.82, 2.24) is 19.9 Å². The summed E-state index contributed by atoms with van der Waals surface area (Å²) in [5.41, 5.74) is 2.25. The fraction of sp³-hybridized carbons (Fsp3) is 0.278. The molecule has 0 atom stereocenters. The second-order valence-electron chi connectivity index (χ2n) is 5.96. The van der Waals surface area contributed by atoms with E-state index in [4.69, 9.17) is 4.98 Å². The van der Waals surface area contributed by atoms with Crippen LogP contribution in [0.4, 0.5) is 5.95 Å². The van der Waals surface area contributed by atoms with Crippen molar-refractivity contribution >= 4 is 33.2 Å². The molecule has 0 bridgehead atoms. The molecular formula is C18H18BrN5S. The lowest BCUT2D eigenvalue weighted by Gasteiger charge is -2.34. The summed E-state index contributed by atoms with van der Waals surface area (Å²) in [5, 5.41) is 3.32. The van der Waals surface area contributed by atoms with Crippen LogP contribution in [0.3, 0.4) is 0 Å². The number of piperazine rings is 1. The number of hydrogen-bond acceptors (Lipinski definition) is 6. The Morgan fingerprint density at radius 2 is 1.72 bits per heavy atom. The smallest absolute Gasteiger partial charge is 0.225 e. The van der Waals surface area contributed by atoms with E-state index in [1.807, 2.05) is 6.07 Å². The largest absolute Gasteiger partial charge is 0.338 e. The van der Waals surface area contributed by atoms with Gasteiger partial charge in [0, 0.05) is 49.5 Å². The number of aromatic nitrogens is 3. The van der Waals surface area contributed by atoms with E-state index in [0.717, 1.165) is 48.8 Å². The summed E-state index contributed by atoms with van der Waals surface area (Å²) in [4.78, 5) is 18.3. The zero-order chi connectivity index (χ0) is 17.1. The van der Waals surface area contributed by atoms with Crippen LogP contribution in [0.2, 0.25) is 0 Å². The van der Waals surface area contributed by atoms with Crippen molar-refractivity contribution in [3.63, 3.8) is 0 Å². The molecule has 0 saturated carbocycles. The molecule has 7 heteroatoms. The highest BCUT2D eigenvalue weighted by Crippen LogP contribution is 2.23. The third kappa shape index (κ3) is 4.05. The zero-order valence-electron chi connectivity index (χ0n) is 13.7. The maximum Gasteiger partial charge on any atom is 0.225 e. The molecule has 1 saturated heterocycles. The van der Waals surface area contributed by atoms with Crippen LogP contribution in [0.5, 0.6) is 0 Å². The highest BCUT2D eigenvalue weighted by Gasteiger charge is 2.20. The summed E-state index contributed by atoms with van der Waals surface area (Å²) < 4.78 is 0.910. The number of hydrogen-bond donors (Lipinski definition) is 0. The predicted octanol–water partition coefficient (Wildman–Crippen LogP) is 3.68. The number of thiazole rings is 1. The number of anilines is 1. The Morgan fingerprint density at radius 3 is 2.44 bits per heavy atom. The van der Waals surface area contributed by atoms with Gasteiger partial charge in [-0.1, -0.05) is 30.3 Å². The molecule has 0 aliphatic carbocycles. The highest BCUT2D eigenvalue weighted by molar-refractivity contribution is 9.10. The maximum atomic E-state index is 4.79. The summed E-state index contributed by atoms with van der Waals surface area (Å²) in [6.07, 6.45) is 3.60. The normalized spacial score (nSPS) is 15.5. The van der Waals surface area contributed by atoms with Gasteiger partial charge in [0.15, 0.2) is 0 Å². The van der Waals surface area contributed by atoms with Crippen molar-refractivity contribution in [2.75, 3.05) is 31.1 Å². The molecule has 1 aliphatic heterocycles. The molecule has 128 valence electrons. The third-order valence-electron chi connectivity index (χ3n) is 4.24. The molecule has 1 aromatic carbocycles. The molecule has 0 radical (unpaired) electrons. The van der Waals surface area contributed by atoms with Crippen LogP contribution in [0, 0.1) is 0 Å². The van der Waals surface area contributed by atoms with Crippen molar-refractivity contribution in [3.8, 4) is 11.3 Å². The minimum atomic E-state index is 0.809. The number of nitrogens with zero attached hydrogens (tertiary/aromatic N) is 5. The average molecular weight is 416 g/mol. The lowest BCUT2D eigenvalue weighted by atomic mass is 10.2. The first-order chi connectivity index (χ1) is 12.3. The van der Waals surface area contributed by atoms with Gasteiger partial charge in [0.05, 0.1) is 16.7 Å². The van der Waals surface area contributed by atoms with Crippen molar-refractivity contribution in [3.05, 3.63) is 57.6 Å². The fourth-order valence-corrected chi connectivity index (χ4v) is 3.94. The van der Waals surface area contributed by atoms with Crippen LogP contribution in [0.25, 0.3) is 11.3 Å². The molecule has 3 aromatic rings. The number of rotatable bonds is 4. The van der Waals surface area contributed by atoms with E-state index in [0.29, 0.717) is 0 Å². The Kier molecular flexibility index (Phi) is 5.05. The number of benzene rings is 1. The Morgan fingerprint density at radius 1 is 1.00 bits per heavy atom. The first-order valence-electron chi connectivity index (χ1n) is 8.22. The summed E-state index contributed by atoms with van der Waals surface area (Å²) in [5.74, 6) is 0.809. The monoisotopic (exact) mass is 415 g/mol. The maximum absolute atomic E-state index is 4.79. The van der Waals surface area contributed by atoms with E-state index < -0.39 is 0 Å². The molecule has 1 aliphatic rings. The Balaban J connectivity index is 1.34. The van der Waals surface area contributed by atoms with E-state index in [-0.39, 0.29) is 0 Å². The molecule has 0 N–H and O–H groups in total.